The highest BCUT2D eigenvalue weighted by Crippen LogP contribution is 2.75. The van der Waals surface area contributed by atoms with Crippen molar-refractivity contribution in [3.05, 3.63) is 11.6 Å². The van der Waals surface area contributed by atoms with Gasteiger partial charge in [-0.15, -0.1) is 0 Å². The fourth-order valence-electron chi connectivity index (χ4n) is 11.3. The molecule has 0 spiro atoms. The van der Waals surface area contributed by atoms with Gasteiger partial charge >= 0.3 is 5.97 Å². The average molecular weight is 485 g/mol. The highest BCUT2D eigenvalue weighted by atomic mass is 16.5. The fraction of sp³-hybridized carbons (Fsp3) is 0.906. The molecule has 5 aliphatic rings. The lowest BCUT2D eigenvalue weighted by atomic mass is 9.34. The van der Waals surface area contributed by atoms with Crippen LogP contribution in [0.3, 0.4) is 0 Å². The van der Waals surface area contributed by atoms with E-state index in [1.807, 2.05) is 0 Å². The highest BCUT2D eigenvalue weighted by molar-refractivity contribution is 5.66. The first-order valence-corrected chi connectivity index (χ1v) is 14.6. The summed E-state index contributed by atoms with van der Waals surface area (Å²) in [5.41, 5.74) is 3.07. The standard InChI is InChI=1S/C32H52O3/c1-21(34)35-26-12-16-30(6)22(27(26,2)3)10-14-31(7)23-9-13-29(5)18-17-28(4,20-33)19-25(29)32(23,8)15-11-24(30)31/h9,22,24-26,33H,10-20H2,1-8H3. The molecule has 0 heterocycles. The Morgan fingerprint density at radius 1 is 0.886 bits per heavy atom. The Labute approximate surface area is 214 Å². The summed E-state index contributed by atoms with van der Waals surface area (Å²) < 4.78 is 5.89. The van der Waals surface area contributed by atoms with Gasteiger partial charge in [0.2, 0.25) is 0 Å². The van der Waals surface area contributed by atoms with Crippen LogP contribution < -0.4 is 0 Å². The van der Waals surface area contributed by atoms with Gasteiger partial charge in [0.15, 0.2) is 0 Å². The monoisotopic (exact) mass is 484 g/mol. The van der Waals surface area contributed by atoms with Gasteiger partial charge in [-0.2, -0.15) is 0 Å². The minimum absolute atomic E-state index is 0.0204. The van der Waals surface area contributed by atoms with Crippen molar-refractivity contribution >= 4 is 5.97 Å². The van der Waals surface area contributed by atoms with Gasteiger partial charge < -0.3 is 9.84 Å². The van der Waals surface area contributed by atoms with E-state index < -0.39 is 0 Å². The van der Waals surface area contributed by atoms with Gasteiger partial charge in [-0.1, -0.05) is 60.1 Å². The molecule has 3 nitrogen and oxygen atoms in total. The van der Waals surface area contributed by atoms with Crippen molar-refractivity contribution in [2.45, 2.75) is 126 Å². The zero-order chi connectivity index (χ0) is 25.7. The van der Waals surface area contributed by atoms with E-state index in [0.717, 1.165) is 12.8 Å². The van der Waals surface area contributed by atoms with Crippen LogP contribution in [-0.2, 0) is 9.53 Å². The molecule has 9 unspecified atom stereocenters. The second kappa shape index (κ2) is 7.84. The Balaban J connectivity index is 1.50. The topological polar surface area (TPSA) is 46.5 Å². The van der Waals surface area contributed by atoms with Crippen LogP contribution in [0.5, 0.6) is 0 Å². The molecule has 0 saturated heterocycles. The Morgan fingerprint density at radius 2 is 1.51 bits per heavy atom. The second-order valence-corrected chi connectivity index (χ2v) is 15.7. The molecule has 0 aromatic carbocycles. The van der Waals surface area contributed by atoms with E-state index in [1.54, 1.807) is 12.5 Å². The molecule has 0 amide bonds. The molecule has 35 heavy (non-hydrogen) atoms. The minimum atomic E-state index is -0.126. The Bertz CT molecular complexity index is 920. The lowest BCUT2D eigenvalue weighted by molar-refractivity contribution is -0.199. The summed E-state index contributed by atoms with van der Waals surface area (Å²) in [6.45, 7) is 19.4. The molecular weight excluding hydrogens is 432 g/mol. The molecule has 0 aromatic rings. The van der Waals surface area contributed by atoms with Gasteiger partial charge in [0.1, 0.15) is 6.10 Å². The lowest BCUT2D eigenvalue weighted by Gasteiger charge is -2.70. The van der Waals surface area contributed by atoms with E-state index in [2.05, 4.69) is 54.5 Å². The summed E-state index contributed by atoms with van der Waals surface area (Å²) >= 11 is 0. The van der Waals surface area contributed by atoms with E-state index in [1.165, 1.54) is 51.4 Å². The summed E-state index contributed by atoms with van der Waals surface area (Å²) in [5.74, 6) is 1.83. The van der Waals surface area contributed by atoms with Crippen LogP contribution in [0.4, 0.5) is 0 Å². The minimum Gasteiger partial charge on any atom is -0.462 e. The van der Waals surface area contributed by atoms with Gasteiger partial charge in [0, 0.05) is 18.9 Å². The third-order valence-electron chi connectivity index (χ3n) is 13.2. The van der Waals surface area contributed by atoms with Gasteiger partial charge in [0.05, 0.1) is 0 Å². The Hall–Kier alpha value is -0.830. The summed E-state index contributed by atoms with van der Waals surface area (Å²) in [6, 6.07) is 0. The lowest BCUT2D eigenvalue weighted by Crippen LogP contribution is -2.63. The number of hydrogen-bond donors (Lipinski definition) is 1. The number of rotatable bonds is 2. The molecule has 5 rings (SSSR count). The number of carbonyl (C=O) groups is 1. The van der Waals surface area contributed by atoms with Gasteiger partial charge in [-0.25, -0.2) is 0 Å². The quantitative estimate of drug-likeness (QED) is 0.322. The van der Waals surface area contributed by atoms with Crippen LogP contribution in [0.2, 0.25) is 0 Å². The number of fused-ring (bicyclic) bond motifs is 7. The highest BCUT2D eigenvalue weighted by Gasteiger charge is 2.67. The van der Waals surface area contributed by atoms with E-state index in [0.29, 0.717) is 35.2 Å². The van der Waals surface area contributed by atoms with Gasteiger partial charge in [-0.3, -0.25) is 4.79 Å². The van der Waals surface area contributed by atoms with Gasteiger partial charge in [-0.05, 0) is 109 Å². The molecule has 4 fully saturated rings. The smallest absolute Gasteiger partial charge is 0.302 e. The largest absolute Gasteiger partial charge is 0.462 e. The SMILES string of the molecule is CC(=O)OC1CCC2(C)C3CCC4(C)C(=CCC5(C)CCC(C)(CO)CC54)C3(C)CCC2C1(C)C. The number of aliphatic hydroxyl groups is 1. The van der Waals surface area contributed by atoms with Crippen LogP contribution >= 0.6 is 0 Å². The van der Waals surface area contributed by atoms with Crippen molar-refractivity contribution in [3.8, 4) is 0 Å². The van der Waals surface area contributed by atoms with Crippen LogP contribution in [-0.4, -0.2) is 23.8 Å². The maximum absolute atomic E-state index is 11.9. The van der Waals surface area contributed by atoms with Crippen LogP contribution in [0.15, 0.2) is 11.6 Å². The van der Waals surface area contributed by atoms with E-state index in [9.17, 15) is 9.90 Å². The summed E-state index contributed by atoms with van der Waals surface area (Å²) in [7, 11) is 0. The molecule has 1 N–H and O–H groups in total. The normalized spacial score (nSPS) is 52.8. The molecule has 0 aromatic heterocycles. The number of hydrogen-bond acceptors (Lipinski definition) is 3. The number of carbonyl (C=O) groups excluding carboxylic acids is 1. The third-order valence-corrected chi connectivity index (χ3v) is 13.2. The van der Waals surface area contributed by atoms with E-state index in [4.69, 9.17) is 4.74 Å². The molecule has 198 valence electrons. The van der Waals surface area contributed by atoms with Crippen LogP contribution in [0.1, 0.15) is 120 Å². The maximum Gasteiger partial charge on any atom is 0.302 e. The molecule has 5 aliphatic carbocycles. The third kappa shape index (κ3) is 3.48. The first-order chi connectivity index (χ1) is 16.1. The second-order valence-electron chi connectivity index (χ2n) is 15.7. The first-order valence-electron chi connectivity index (χ1n) is 14.6. The zero-order valence-corrected chi connectivity index (χ0v) is 23.9. The van der Waals surface area contributed by atoms with Crippen molar-refractivity contribution in [3.63, 3.8) is 0 Å². The average Bonchev–Trinajstić information content (AvgIpc) is 2.76. The van der Waals surface area contributed by atoms with E-state index >= 15 is 0 Å². The number of ether oxygens (including phenoxy) is 1. The number of aliphatic hydroxyl groups excluding tert-OH is 1. The fourth-order valence-corrected chi connectivity index (χ4v) is 11.3. The van der Waals surface area contributed by atoms with Crippen molar-refractivity contribution in [1.29, 1.82) is 0 Å². The van der Waals surface area contributed by atoms with Crippen molar-refractivity contribution < 1.29 is 14.6 Å². The van der Waals surface area contributed by atoms with Crippen LogP contribution in [0, 0.1) is 50.2 Å². The molecule has 0 bridgehead atoms. The first kappa shape index (κ1) is 25.8. The Morgan fingerprint density at radius 3 is 2.14 bits per heavy atom. The molecule has 3 heteroatoms. The predicted molar refractivity (Wildman–Crippen MR) is 142 cm³/mol. The number of allylic oxidation sites excluding steroid dienone is 2. The van der Waals surface area contributed by atoms with Gasteiger partial charge in [0.25, 0.3) is 0 Å². The molecule has 4 saturated carbocycles. The number of esters is 1. The summed E-state index contributed by atoms with van der Waals surface area (Å²) in [4.78, 5) is 11.9. The van der Waals surface area contributed by atoms with E-state index in [-0.39, 0.29) is 33.7 Å². The zero-order valence-electron chi connectivity index (χ0n) is 23.9. The van der Waals surface area contributed by atoms with Crippen LogP contribution in [0.25, 0.3) is 0 Å². The molecule has 0 aliphatic heterocycles. The predicted octanol–water partition coefficient (Wildman–Crippen LogP) is 7.71. The van der Waals surface area contributed by atoms with Crippen molar-refractivity contribution in [2.24, 2.45) is 50.2 Å². The van der Waals surface area contributed by atoms with Crippen molar-refractivity contribution in [2.75, 3.05) is 6.61 Å². The summed E-state index contributed by atoms with van der Waals surface area (Å²) in [6.07, 6.45) is 14.8. The molecule has 0 radical (unpaired) electrons. The van der Waals surface area contributed by atoms with Crippen molar-refractivity contribution in [1.82, 2.24) is 0 Å². The Kier molecular flexibility index (Phi) is 5.78. The molecule has 9 atom stereocenters. The molecular formula is C32H52O3. The summed E-state index contributed by atoms with van der Waals surface area (Å²) in [5, 5.41) is 10.3. The maximum atomic E-state index is 11.9.